The molecule has 11 nitrogen and oxygen atoms in total. The molecule has 3 aromatic heterocycles. The van der Waals surface area contributed by atoms with Crippen LogP contribution in [0.1, 0.15) is 11.4 Å². The van der Waals surface area contributed by atoms with Crippen molar-refractivity contribution in [3.63, 3.8) is 0 Å². The van der Waals surface area contributed by atoms with E-state index in [1.54, 1.807) is 0 Å². The third kappa shape index (κ3) is 7.49. The van der Waals surface area contributed by atoms with E-state index in [4.69, 9.17) is 11.6 Å². The van der Waals surface area contributed by atoms with Crippen LogP contribution in [0.2, 0.25) is 5.02 Å². The van der Waals surface area contributed by atoms with Gasteiger partial charge in [0.25, 0.3) is 0 Å². The summed E-state index contributed by atoms with van der Waals surface area (Å²) in [6, 6.07) is 7.11. The minimum absolute atomic E-state index is 0.0368. The molecule has 0 saturated carbocycles. The van der Waals surface area contributed by atoms with E-state index in [1.807, 2.05) is 0 Å². The Morgan fingerprint density at radius 1 is 1.07 bits per heavy atom. The molecule has 1 N–H and O–H groups in total. The van der Waals surface area contributed by atoms with E-state index in [-0.39, 0.29) is 28.5 Å². The number of carbonyl (C=O) groups is 1. The second-order valence-electron chi connectivity index (χ2n) is 8.50. The molecule has 4 rings (SSSR count). The SMILES string of the molecule is O=C(Cc1ccncc1-n1cnc(Cn2nc(-c3ccc(Cl)cc3)n(C[C@H](O)C(F)(F)F)c2=O)n1)OCC(F)(F)F. The summed E-state index contributed by atoms with van der Waals surface area (Å²) in [4.78, 5) is 32.9. The zero-order valence-corrected chi connectivity index (χ0v) is 21.2. The van der Waals surface area contributed by atoms with E-state index in [0.29, 0.717) is 9.59 Å². The lowest BCUT2D eigenvalue weighted by molar-refractivity contribution is -0.207. The number of aliphatic hydroxyl groups is 1. The number of hydrogen-bond acceptors (Lipinski definition) is 8. The van der Waals surface area contributed by atoms with Gasteiger partial charge in [-0.1, -0.05) is 11.6 Å². The fourth-order valence-corrected chi connectivity index (χ4v) is 3.68. The number of nitrogens with zero attached hydrogens (tertiary/aromatic N) is 7. The molecule has 0 aliphatic carbocycles. The zero-order valence-electron chi connectivity index (χ0n) is 20.5. The first-order valence-corrected chi connectivity index (χ1v) is 11.8. The Kier molecular flexibility index (Phi) is 8.48. The molecule has 0 bridgehead atoms. The number of ether oxygens (including phenoxy) is 1. The molecule has 0 spiro atoms. The Bertz CT molecular complexity index is 1580. The van der Waals surface area contributed by atoms with Gasteiger partial charge in [-0.15, -0.1) is 10.2 Å². The molecule has 1 aromatic carbocycles. The van der Waals surface area contributed by atoms with Crippen molar-refractivity contribution in [3.8, 4) is 17.1 Å². The summed E-state index contributed by atoms with van der Waals surface area (Å²) in [6.45, 7) is -3.30. The quantitative estimate of drug-likeness (QED) is 0.228. The van der Waals surface area contributed by atoms with Gasteiger partial charge in [0, 0.05) is 16.8 Å². The lowest BCUT2D eigenvalue weighted by Gasteiger charge is -2.15. The molecule has 0 fully saturated rings. The number of pyridine rings is 1. The first-order chi connectivity index (χ1) is 19.2. The third-order valence-electron chi connectivity index (χ3n) is 5.46. The molecule has 4 aromatic rings. The van der Waals surface area contributed by atoms with E-state index in [9.17, 15) is 41.0 Å². The highest BCUT2D eigenvalue weighted by molar-refractivity contribution is 6.30. The van der Waals surface area contributed by atoms with E-state index in [0.717, 1.165) is 9.36 Å². The van der Waals surface area contributed by atoms with E-state index >= 15 is 0 Å². The predicted molar refractivity (Wildman–Crippen MR) is 128 cm³/mol. The van der Waals surface area contributed by atoms with Crippen molar-refractivity contribution in [1.29, 1.82) is 0 Å². The summed E-state index contributed by atoms with van der Waals surface area (Å²) in [7, 11) is 0. The van der Waals surface area contributed by atoms with Gasteiger partial charge in [-0.2, -0.15) is 26.3 Å². The lowest BCUT2D eigenvalue weighted by atomic mass is 10.1. The van der Waals surface area contributed by atoms with Gasteiger partial charge in [0.15, 0.2) is 24.4 Å². The fourth-order valence-electron chi connectivity index (χ4n) is 3.56. The molecule has 3 heterocycles. The number of rotatable bonds is 9. The van der Waals surface area contributed by atoms with Gasteiger partial charge in [0.05, 0.1) is 24.8 Å². The normalized spacial score (nSPS) is 12.9. The van der Waals surface area contributed by atoms with Crippen molar-refractivity contribution in [2.24, 2.45) is 0 Å². The zero-order chi connectivity index (χ0) is 29.9. The van der Waals surface area contributed by atoms with Crippen LogP contribution in [0.4, 0.5) is 26.3 Å². The van der Waals surface area contributed by atoms with Crippen molar-refractivity contribution in [2.75, 3.05) is 6.61 Å². The average Bonchev–Trinajstić information content (AvgIpc) is 3.48. The second-order valence-corrected chi connectivity index (χ2v) is 8.94. The Balaban J connectivity index is 1.61. The molecule has 41 heavy (non-hydrogen) atoms. The van der Waals surface area contributed by atoms with E-state index < -0.39 is 56.2 Å². The van der Waals surface area contributed by atoms with Crippen LogP contribution in [0, 0.1) is 0 Å². The number of esters is 1. The van der Waals surface area contributed by atoms with Crippen LogP contribution in [0.3, 0.4) is 0 Å². The van der Waals surface area contributed by atoms with Gasteiger partial charge >= 0.3 is 24.0 Å². The van der Waals surface area contributed by atoms with E-state index in [1.165, 1.54) is 49.1 Å². The molecule has 18 heteroatoms. The Morgan fingerprint density at radius 3 is 2.44 bits per heavy atom. The smallest absolute Gasteiger partial charge is 0.422 e. The van der Waals surface area contributed by atoms with Crippen LogP contribution in [0.15, 0.2) is 53.8 Å². The highest BCUT2D eigenvalue weighted by atomic mass is 35.5. The third-order valence-corrected chi connectivity index (χ3v) is 5.71. The molecule has 0 unspecified atom stereocenters. The Morgan fingerprint density at radius 2 is 1.78 bits per heavy atom. The maximum atomic E-state index is 13.1. The van der Waals surface area contributed by atoms with Crippen LogP contribution < -0.4 is 5.69 Å². The summed E-state index contributed by atoms with van der Waals surface area (Å²) in [6.07, 6.45) is -9.35. The minimum atomic E-state index is -5.00. The maximum Gasteiger partial charge on any atom is 0.422 e. The number of alkyl halides is 6. The first-order valence-electron chi connectivity index (χ1n) is 11.5. The number of hydrogen-bond donors (Lipinski definition) is 1. The van der Waals surface area contributed by atoms with Gasteiger partial charge in [0.1, 0.15) is 12.9 Å². The fraction of sp³-hybridized carbons (Fsp3) is 0.304. The van der Waals surface area contributed by atoms with Gasteiger partial charge < -0.3 is 9.84 Å². The second kappa shape index (κ2) is 11.7. The highest BCUT2D eigenvalue weighted by Crippen LogP contribution is 2.24. The Labute approximate surface area is 230 Å². The standard InChI is InChI=1S/C23H18ClF6N7O4/c24-15-3-1-13(2-4-15)20-34-36(21(40)35(20)9-17(38)23(28,29)30)10-18-32-12-37(33-18)16-8-31-6-5-14(16)7-19(39)41-11-22(25,26)27/h1-6,8,12,17,38H,7,9-11H2/t17-/m0/s1. The van der Waals surface area contributed by atoms with Crippen LogP contribution >= 0.6 is 11.6 Å². The first kappa shape index (κ1) is 29.7. The van der Waals surface area contributed by atoms with Gasteiger partial charge in [-0.05, 0) is 35.9 Å². The summed E-state index contributed by atoms with van der Waals surface area (Å²) in [5, 5.41) is 18.2. The summed E-state index contributed by atoms with van der Waals surface area (Å²) < 4.78 is 83.1. The summed E-state index contributed by atoms with van der Waals surface area (Å²) >= 11 is 5.88. The number of halogens is 7. The molecule has 0 radical (unpaired) electrons. The van der Waals surface area contributed by atoms with Crippen LogP contribution in [-0.2, 0) is 29.0 Å². The van der Waals surface area contributed by atoms with Gasteiger partial charge in [0.2, 0.25) is 0 Å². The maximum absolute atomic E-state index is 13.1. The van der Waals surface area contributed by atoms with Crippen molar-refractivity contribution >= 4 is 17.6 Å². The summed E-state index contributed by atoms with van der Waals surface area (Å²) in [5.74, 6) is -1.37. The van der Waals surface area contributed by atoms with Gasteiger partial charge in [-0.25, -0.2) is 19.1 Å². The topological polar surface area (TPSA) is 130 Å². The number of benzene rings is 1. The molecule has 0 amide bonds. The highest BCUT2D eigenvalue weighted by Gasteiger charge is 2.39. The van der Waals surface area contributed by atoms with Crippen molar-refractivity contribution in [2.45, 2.75) is 38.0 Å². The monoisotopic (exact) mass is 605 g/mol. The van der Waals surface area contributed by atoms with Crippen LogP contribution in [-0.4, -0.2) is 70.2 Å². The number of aromatic nitrogens is 7. The van der Waals surface area contributed by atoms with Crippen LogP contribution in [0.25, 0.3) is 17.1 Å². The van der Waals surface area contributed by atoms with Crippen molar-refractivity contribution in [3.05, 3.63) is 75.9 Å². The van der Waals surface area contributed by atoms with E-state index in [2.05, 4.69) is 24.9 Å². The molecule has 0 saturated heterocycles. The van der Waals surface area contributed by atoms with Crippen LogP contribution in [0.5, 0.6) is 0 Å². The lowest BCUT2D eigenvalue weighted by Crippen LogP contribution is -2.37. The molecule has 1 atom stereocenters. The molecule has 0 aliphatic rings. The molecular weight excluding hydrogens is 588 g/mol. The largest absolute Gasteiger partial charge is 0.456 e. The van der Waals surface area contributed by atoms with Crippen molar-refractivity contribution in [1.82, 2.24) is 34.1 Å². The number of carbonyl (C=O) groups excluding carboxylic acids is 1. The average molecular weight is 606 g/mol. The van der Waals surface area contributed by atoms with Gasteiger partial charge in [-0.3, -0.25) is 14.3 Å². The minimum Gasteiger partial charge on any atom is -0.456 e. The number of aliphatic hydroxyl groups excluding tert-OH is 1. The molecule has 0 aliphatic heterocycles. The molecular formula is C23H18ClF6N7O4. The molecule has 218 valence electrons. The predicted octanol–water partition coefficient (Wildman–Crippen LogP) is 2.96. The summed E-state index contributed by atoms with van der Waals surface area (Å²) in [5.41, 5.74) is -0.376. The van der Waals surface area contributed by atoms with Crippen molar-refractivity contribution < 1.29 is 41.0 Å². The Hall–Kier alpha value is -4.25.